The van der Waals surface area contributed by atoms with Gasteiger partial charge < -0.3 is 10.1 Å². The lowest BCUT2D eigenvalue weighted by molar-refractivity contribution is 0.102. The minimum Gasteiger partial charge on any atom is -0.492 e. The van der Waals surface area contributed by atoms with Crippen LogP contribution in [0, 0.1) is 17.6 Å². The third-order valence-corrected chi connectivity index (χ3v) is 2.58. The molecule has 4 nitrogen and oxygen atoms in total. The van der Waals surface area contributed by atoms with Crippen LogP contribution in [0.2, 0.25) is 0 Å². The summed E-state index contributed by atoms with van der Waals surface area (Å²) in [6, 6.07) is 4.51. The van der Waals surface area contributed by atoms with E-state index in [-0.39, 0.29) is 18.0 Å². The van der Waals surface area contributed by atoms with E-state index in [0.717, 1.165) is 24.4 Å². The average molecular weight is 296 g/mol. The molecule has 1 aromatic heterocycles. The molecule has 1 amide bonds. The molecular formula is C14H11F3N2O2. The fourth-order valence-electron chi connectivity index (χ4n) is 1.66. The largest absolute Gasteiger partial charge is 0.492 e. The highest BCUT2D eigenvalue weighted by molar-refractivity contribution is 6.05. The highest BCUT2D eigenvalue weighted by Gasteiger charge is 2.17. The number of carbonyl (C=O) groups excluding carboxylic acids is 1. The molecule has 0 atom stereocenters. The normalized spacial score (nSPS) is 10.3. The highest BCUT2D eigenvalue weighted by Crippen LogP contribution is 2.26. The standard InChI is InChI=1S/C14H11F3N2O2/c1-2-21-11-7-8(15)3-4-10(11)19-14(20)9-5-6-18-13(17)12(9)16/h3-7H,2H2,1H3,(H,19,20). The van der Waals surface area contributed by atoms with Crippen molar-refractivity contribution in [3.8, 4) is 5.75 Å². The van der Waals surface area contributed by atoms with Gasteiger partial charge in [-0.3, -0.25) is 4.79 Å². The van der Waals surface area contributed by atoms with Gasteiger partial charge in [-0.15, -0.1) is 0 Å². The van der Waals surface area contributed by atoms with Gasteiger partial charge in [0, 0.05) is 12.3 Å². The number of rotatable bonds is 4. The van der Waals surface area contributed by atoms with E-state index in [4.69, 9.17) is 4.74 Å². The number of pyridine rings is 1. The molecule has 0 spiro atoms. The Hall–Kier alpha value is -2.57. The molecule has 110 valence electrons. The van der Waals surface area contributed by atoms with Gasteiger partial charge in [-0.25, -0.2) is 13.8 Å². The molecule has 1 N–H and O–H groups in total. The van der Waals surface area contributed by atoms with Gasteiger partial charge in [0.2, 0.25) is 5.95 Å². The van der Waals surface area contributed by atoms with Crippen molar-refractivity contribution in [2.24, 2.45) is 0 Å². The second kappa shape index (κ2) is 6.25. The number of amides is 1. The molecule has 0 bridgehead atoms. The summed E-state index contributed by atoms with van der Waals surface area (Å²) >= 11 is 0. The molecule has 2 rings (SSSR count). The molecule has 21 heavy (non-hydrogen) atoms. The lowest BCUT2D eigenvalue weighted by Crippen LogP contribution is -2.16. The number of nitrogens with zero attached hydrogens (tertiary/aromatic N) is 1. The zero-order chi connectivity index (χ0) is 15.4. The number of hydrogen-bond donors (Lipinski definition) is 1. The van der Waals surface area contributed by atoms with E-state index in [0.29, 0.717) is 0 Å². The second-order valence-electron chi connectivity index (χ2n) is 3.99. The molecule has 0 fully saturated rings. The van der Waals surface area contributed by atoms with Gasteiger partial charge in [0.1, 0.15) is 11.6 Å². The summed E-state index contributed by atoms with van der Waals surface area (Å²) in [5.74, 6) is -4.05. The zero-order valence-corrected chi connectivity index (χ0v) is 11.0. The number of halogens is 3. The molecule has 0 saturated heterocycles. The third-order valence-electron chi connectivity index (χ3n) is 2.58. The Morgan fingerprint density at radius 1 is 1.29 bits per heavy atom. The molecular weight excluding hydrogens is 285 g/mol. The predicted octanol–water partition coefficient (Wildman–Crippen LogP) is 3.15. The minimum absolute atomic E-state index is 0.0980. The lowest BCUT2D eigenvalue weighted by atomic mass is 10.2. The smallest absolute Gasteiger partial charge is 0.258 e. The summed E-state index contributed by atoms with van der Waals surface area (Å²) < 4.78 is 44.8. The molecule has 1 aromatic carbocycles. The molecule has 0 unspecified atom stereocenters. The Balaban J connectivity index is 2.29. The molecule has 0 saturated carbocycles. The molecule has 0 aliphatic rings. The van der Waals surface area contributed by atoms with E-state index in [2.05, 4.69) is 10.3 Å². The fourth-order valence-corrected chi connectivity index (χ4v) is 1.66. The topological polar surface area (TPSA) is 51.2 Å². The Labute approximate surface area is 118 Å². The van der Waals surface area contributed by atoms with E-state index in [1.807, 2.05) is 0 Å². The first-order valence-electron chi connectivity index (χ1n) is 6.06. The third kappa shape index (κ3) is 3.31. The van der Waals surface area contributed by atoms with Crippen molar-refractivity contribution in [1.29, 1.82) is 0 Å². The number of nitrogens with one attached hydrogen (secondary N) is 1. The predicted molar refractivity (Wildman–Crippen MR) is 69.7 cm³/mol. The first-order chi connectivity index (χ1) is 10.0. The second-order valence-corrected chi connectivity index (χ2v) is 3.99. The van der Waals surface area contributed by atoms with Crippen molar-refractivity contribution in [3.05, 3.63) is 53.6 Å². The van der Waals surface area contributed by atoms with Crippen LogP contribution in [0.1, 0.15) is 17.3 Å². The Morgan fingerprint density at radius 2 is 2.05 bits per heavy atom. The maximum Gasteiger partial charge on any atom is 0.258 e. The van der Waals surface area contributed by atoms with Crippen molar-refractivity contribution < 1.29 is 22.7 Å². The van der Waals surface area contributed by atoms with Crippen molar-refractivity contribution in [2.45, 2.75) is 6.92 Å². The van der Waals surface area contributed by atoms with Crippen LogP contribution < -0.4 is 10.1 Å². The number of benzene rings is 1. The summed E-state index contributed by atoms with van der Waals surface area (Å²) in [6.07, 6.45) is 0.974. The number of anilines is 1. The van der Waals surface area contributed by atoms with Crippen LogP contribution in [-0.2, 0) is 0 Å². The van der Waals surface area contributed by atoms with E-state index in [9.17, 15) is 18.0 Å². The molecule has 1 heterocycles. The monoisotopic (exact) mass is 296 g/mol. The van der Waals surface area contributed by atoms with Gasteiger partial charge in [0.15, 0.2) is 5.82 Å². The lowest BCUT2D eigenvalue weighted by Gasteiger charge is -2.11. The van der Waals surface area contributed by atoms with Gasteiger partial charge in [-0.2, -0.15) is 4.39 Å². The number of ether oxygens (including phenoxy) is 1. The number of carbonyl (C=O) groups is 1. The van der Waals surface area contributed by atoms with Crippen molar-refractivity contribution in [3.63, 3.8) is 0 Å². The fraction of sp³-hybridized carbons (Fsp3) is 0.143. The SMILES string of the molecule is CCOc1cc(F)ccc1NC(=O)c1ccnc(F)c1F. The van der Waals surface area contributed by atoms with E-state index in [1.54, 1.807) is 6.92 Å². The van der Waals surface area contributed by atoms with Crippen molar-refractivity contribution >= 4 is 11.6 Å². The molecule has 0 aliphatic carbocycles. The molecule has 0 aliphatic heterocycles. The maximum absolute atomic E-state index is 13.5. The zero-order valence-electron chi connectivity index (χ0n) is 11.0. The van der Waals surface area contributed by atoms with E-state index < -0.39 is 29.1 Å². The number of hydrogen-bond acceptors (Lipinski definition) is 3. The van der Waals surface area contributed by atoms with Gasteiger partial charge in [0.05, 0.1) is 17.9 Å². The quantitative estimate of drug-likeness (QED) is 0.882. The average Bonchev–Trinajstić information content (AvgIpc) is 2.45. The maximum atomic E-state index is 13.5. The van der Waals surface area contributed by atoms with E-state index in [1.165, 1.54) is 6.07 Å². The van der Waals surface area contributed by atoms with Crippen LogP contribution >= 0.6 is 0 Å². The van der Waals surface area contributed by atoms with Crippen LogP contribution in [0.5, 0.6) is 5.75 Å². The van der Waals surface area contributed by atoms with Gasteiger partial charge in [-0.05, 0) is 25.1 Å². The van der Waals surface area contributed by atoms with Crippen molar-refractivity contribution in [1.82, 2.24) is 4.98 Å². The van der Waals surface area contributed by atoms with Gasteiger partial charge in [-0.1, -0.05) is 0 Å². The molecule has 0 radical (unpaired) electrons. The van der Waals surface area contributed by atoms with Crippen molar-refractivity contribution in [2.75, 3.05) is 11.9 Å². The van der Waals surface area contributed by atoms with Gasteiger partial charge >= 0.3 is 0 Å². The molecule has 2 aromatic rings. The van der Waals surface area contributed by atoms with Crippen LogP contribution in [0.25, 0.3) is 0 Å². The minimum atomic E-state index is -1.37. The summed E-state index contributed by atoms with van der Waals surface area (Å²) in [5.41, 5.74) is -0.353. The van der Waals surface area contributed by atoms with Crippen LogP contribution in [0.3, 0.4) is 0 Å². The number of aromatic nitrogens is 1. The van der Waals surface area contributed by atoms with Gasteiger partial charge in [0.25, 0.3) is 5.91 Å². The van der Waals surface area contributed by atoms with Crippen LogP contribution in [0.4, 0.5) is 18.9 Å². The van der Waals surface area contributed by atoms with Crippen LogP contribution in [0.15, 0.2) is 30.5 Å². The molecule has 7 heteroatoms. The summed E-state index contributed by atoms with van der Waals surface area (Å²) in [6.45, 7) is 1.94. The summed E-state index contributed by atoms with van der Waals surface area (Å²) in [4.78, 5) is 15.0. The summed E-state index contributed by atoms with van der Waals surface area (Å²) in [5, 5.41) is 2.34. The van der Waals surface area contributed by atoms with Crippen LogP contribution in [-0.4, -0.2) is 17.5 Å². The first-order valence-corrected chi connectivity index (χ1v) is 6.06. The Kier molecular flexibility index (Phi) is 4.42. The Bertz CT molecular complexity index is 677. The Morgan fingerprint density at radius 3 is 2.76 bits per heavy atom. The summed E-state index contributed by atoms with van der Waals surface area (Å²) in [7, 11) is 0. The highest BCUT2D eigenvalue weighted by atomic mass is 19.2. The van der Waals surface area contributed by atoms with E-state index >= 15 is 0 Å². The first kappa shape index (κ1) is 14.8.